The van der Waals surface area contributed by atoms with Crippen LogP contribution in [-0.4, -0.2) is 131 Å². The second-order valence-corrected chi connectivity index (χ2v) is 8.06. The first-order valence-corrected chi connectivity index (χ1v) is 11.1. The lowest BCUT2D eigenvalue weighted by molar-refractivity contribution is -0.138. The fourth-order valence-corrected chi connectivity index (χ4v) is 2.98. The second kappa shape index (κ2) is 16.0. The highest BCUT2D eigenvalue weighted by Gasteiger charge is 2.34. The molecule has 16 nitrogen and oxygen atoms in total. The number of aliphatic hydroxyl groups excluding tert-OH is 5. The van der Waals surface area contributed by atoms with Gasteiger partial charge in [0.05, 0.1) is 31.5 Å². The predicted octanol–water partition coefficient (Wildman–Crippen LogP) is -6.61. The Bertz CT molecular complexity index is 763. The van der Waals surface area contributed by atoms with E-state index in [2.05, 4.69) is 31.9 Å². The third-order valence-corrected chi connectivity index (χ3v) is 5.08. The Morgan fingerprint density at radius 2 is 0.889 bits per heavy atom. The summed E-state index contributed by atoms with van der Waals surface area (Å²) in [6.07, 6.45) is -3.97. The molecule has 11 N–H and O–H groups in total. The van der Waals surface area contributed by atoms with Crippen LogP contribution in [0.25, 0.3) is 0 Å². The largest absolute Gasteiger partial charge is 0.394 e. The number of hydrogen-bond acceptors (Lipinski definition) is 11. The lowest BCUT2D eigenvalue weighted by Gasteiger charge is -2.27. The van der Waals surface area contributed by atoms with E-state index in [0.29, 0.717) is 0 Å². The van der Waals surface area contributed by atoms with Crippen molar-refractivity contribution >= 4 is 29.5 Å². The van der Waals surface area contributed by atoms with Crippen LogP contribution < -0.4 is 31.9 Å². The van der Waals surface area contributed by atoms with Crippen molar-refractivity contribution in [2.75, 3.05) is 27.3 Å². The van der Waals surface area contributed by atoms with Gasteiger partial charge in [0.2, 0.25) is 29.5 Å². The molecule has 8 unspecified atom stereocenters. The van der Waals surface area contributed by atoms with Crippen molar-refractivity contribution in [1.29, 1.82) is 0 Å². The van der Waals surface area contributed by atoms with Gasteiger partial charge in [-0.05, 0) is 27.8 Å². The minimum atomic E-state index is -1.69. The zero-order valence-electron chi connectivity index (χ0n) is 20.8. The summed E-state index contributed by atoms with van der Waals surface area (Å²) in [6.45, 7) is 1.89. The van der Waals surface area contributed by atoms with Crippen LogP contribution in [0.2, 0.25) is 0 Å². The first-order valence-electron chi connectivity index (χ1n) is 11.1. The summed E-state index contributed by atoms with van der Waals surface area (Å²) in [5.41, 5.74) is 0. The molecule has 16 heteroatoms. The van der Waals surface area contributed by atoms with Crippen LogP contribution in [0.1, 0.15) is 20.8 Å². The average Bonchev–Trinajstić information content (AvgIpc) is 2.81. The van der Waals surface area contributed by atoms with Gasteiger partial charge in [0.25, 0.3) is 0 Å². The number of nitrogens with one attached hydrogen (secondary N) is 6. The fourth-order valence-electron chi connectivity index (χ4n) is 2.98. The van der Waals surface area contributed by atoms with Crippen LogP contribution >= 0.6 is 0 Å². The number of carbonyl (C=O) groups excluding carboxylic acids is 5. The zero-order valence-corrected chi connectivity index (χ0v) is 20.8. The molecule has 8 atom stereocenters. The Morgan fingerprint density at radius 1 is 0.556 bits per heavy atom. The van der Waals surface area contributed by atoms with E-state index in [1.165, 1.54) is 27.9 Å². The van der Waals surface area contributed by atoms with E-state index in [1.807, 2.05) is 0 Å². The van der Waals surface area contributed by atoms with Crippen molar-refractivity contribution in [3.05, 3.63) is 0 Å². The van der Waals surface area contributed by atoms with E-state index in [0.717, 1.165) is 6.92 Å². The quantitative estimate of drug-likeness (QED) is 0.0963. The third kappa shape index (κ3) is 10.00. The van der Waals surface area contributed by atoms with Gasteiger partial charge in [-0.15, -0.1) is 0 Å². The molecule has 0 aliphatic heterocycles. The van der Waals surface area contributed by atoms with E-state index in [4.69, 9.17) is 0 Å². The predicted molar refractivity (Wildman–Crippen MR) is 124 cm³/mol. The first kappa shape index (κ1) is 33.1. The molecule has 0 spiro atoms. The van der Waals surface area contributed by atoms with Crippen molar-refractivity contribution in [2.45, 2.75) is 69.3 Å². The number of hydrogen-bond donors (Lipinski definition) is 11. The van der Waals surface area contributed by atoms with Gasteiger partial charge >= 0.3 is 0 Å². The zero-order chi connectivity index (χ0) is 28.2. The Hall–Kier alpha value is -2.89. The molecule has 0 saturated heterocycles. The van der Waals surface area contributed by atoms with Crippen molar-refractivity contribution in [3.8, 4) is 0 Å². The Kier molecular flexibility index (Phi) is 14.7. The number of rotatable bonds is 15. The minimum absolute atomic E-state index is 0.733. The Morgan fingerprint density at radius 3 is 1.17 bits per heavy atom. The molecule has 36 heavy (non-hydrogen) atoms. The molecule has 0 aromatic heterocycles. The van der Waals surface area contributed by atoms with Crippen LogP contribution in [0, 0.1) is 0 Å². The number of likely N-dealkylation sites (N-methyl/N-ethyl adjacent to an activating group) is 2. The minimum Gasteiger partial charge on any atom is -0.394 e. The number of amides is 5. The lowest BCUT2D eigenvalue weighted by atomic mass is 10.1. The average molecular weight is 523 g/mol. The summed E-state index contributed by atoms with van der Waals surface area (Å²) in [5, 5.41) is 61.8. The van der Waals surface area contributed by atoms with Gasteiger partial charge in [-0.1, -0.05) is 0 Å². The SMILES string of the molecule is CNC(=O)C(NC(=O)C(CO)NC(=O)C(NC(=O)C(CO)NC(=O)C(NC)C(C)O)C(C)O)C(C)O. The van der Waals surface area contributed by atoms with Crippen molar-refractivity contribution < 1.29 is 49.5 Å². The van der Waals surface area contributed by atoms with Gasteiger partial charge < -0.3 is 57.4 Å². The maximum Gasteiger partial charge on any atom is 0.245 e. The molecule has 0 heterocycles. The van der Waals surface area contributed by atoms with Crippen LogP contribution in [0.15, 0.2) is 0 Å². The second-order valence-electron chi connectivity index (χ2n) is 8.06. The van der Waals surface area contributed by atoms with Crippen molar-refractivity contribution in [2.24, 2.45) is 0 Å². The van der Waals surface area contributed by atoms with Gasteiger partial charge in [-0.3, -0.25) is 24.0 Å². The van der Waals surface area contributed by atoms with Gasteiger partial charge in [0.15, 0.2) is 0 Å². The number of carbonyl (C=O) groups is 5. The summed E-state index contributed by atoms with van der Waals surface area (Å²) < 4.78 is 0. The van der Waals surface area contributed by atoms with Crippen LogP contribution in [0.5, 0.6) is 0 Å². The van der Waals surface area contributed by atoms with Crippen LogP contribution in [0.4, 0.5) is 0 Å². The molecule has 0 rings (SSSR count). The molecule has 5 amide bonds. The van der Waals surface area contributed by atoms with E-state index in [-0.39, 0.29) is 0 Å². The molecule has 0 fully saturated rings. The van der Waals surface area contributed by atoms with Crippen molar-refractivity contribution in [1.82, 2.24) is 31.9 Å². The smallest absolute Gasteiger partial charge is 0.245 e. The summed E-state index contributed by atoms with van der Waals surface area (Å²) in [5.74, 6) is -4.76. The molecule has 0 aliphatic rings. The topological polar surface area (TPSA) is 259 Å². The highest BCUT2D eigenvalue weighted by molar-refractivity contribution is 5.96. The van der Waals surface area contributed by atoms with Gasteiger partial charge in [-0.2, -0.15) is 0 Å². The normalized spacial score (nSPS) is 17.7. The summed E-state index contributed by atoms with van der Waals surface area (Å²) in [7, 11) is 2.67. The van der Waals surface area contributed by atoms with Gasteiger partial charge in [0, 0.05) is 7.05 Å². The Labute approximate surface area is 208 Å². The molecule has 0 aromatic rings. The standard InChI is InChI=1S/C20H38N6O10/c1-8(29)13(21-4)19(35)23-11(6-27)17(33)26-15(10(3)31)20(36)24-12(7-28)16(32)25-14(9(2)30)18(34)22-5/h8-15,21,27-31H,6-7H2,1-5H3,(H,22,34)(H,23,35)(H,24,36)(H,25,32)(H,26,33). The Balaban J connectivity index is 5.43. The molecular formula is C20H38N6O10. The highest BCUT2D eigenvalue weighted by atomic mass is 16.3. The van der Waals surface area contributed by atoms with E-state index < -0.39 is 91.3 Å². The van der Waals surface area contributed by atoms with Gasteiger partial charge in [0.1, 0.15) is 30.2 Å². The maximum absolute atomic E-state index is 12.7. The molecule has 0 saturated carbocycles. The number of aliphatic hydroxyl groups is 5. The first-order chi connectivity index (χ1) is 16.7. The fraction of sp³-hybridized carbons (Fsp3) is 0.750. The molecule has 0 aromatic carbocycles. The molecule has 208 valence electrons. The summed E-state index contributed by atoms with van der Waals surface area (Å²) in [6, 6.07) is -7.37. The van der Waals surface area contributed by atoms with Crippen LogP contribution in [0.3, 0.4) is 0 Å². The summed E-state index contributed by atoms with van der Waals surface area (Å²) in [4.78, 5) is 61.8. The van der Waals surface area contributed by atoms with E-state index in [9.17, 15) is 49.5 Å². The highest BCUT2D eigenvalue weighted by Crippen LogP contribution is 2.00. The third-order valence-electron chi connectivity index (χ3n) is 5.08. The monoisotopic (exact) mass is 522 g/mol. The molecular weight excluding hydrogens is 484 g/mol. The van der Waals surface area contributed by atoms with E-state index in [1.54, 1.807) is 0 Å². The molecule has 0 bridgehead atoms. The van der Waals surface area contributed by atoms with Gasteiger partial charge in [-0.25, -0.2) is 0 Å². The lowest BCUT2D eigenvalue weighted by Crippen LogP contribution is -2.63. The molecule has 0 aliphatic carbocycles. The maximum atomic E-state index is 12.7. The van der Waals surface area contributed by atoms with Crippen molar-refractivity contribution in [3.63, 3.8) is 0 Å². The van der Waals surface area contributed by atoms with Crippen LogP contribution in [-0.2, 0) is 24.0 Å². The van der Waals surface area contributed by atoms with E-state index >= 15 is 0 Å². The summed E-state index contributed by atoms with van der Waals surface area (Å²) >= 11 is 0. The molecule has 0 radical (unpaired) electrons.